The van der Waals surface area contributed by atoms with Gasteiger partial charge < -0.3 is 9.47 Å². The van der Waals surface area contributed by atoms with Crippen molar-refractivity contribution in [2.45, 2.75) is 91.2 Å². The van der Waals surface area contributed by atoms with Crippen LogP contribution in [0.1, 0.15) is 89.2 Å². The predicted molar refractivity (Wildman–Crippen MR) is 119 cm³/mol. The lowest BCUT2D eigenvalue weighted by Crippen LogP contribution is -2.28. The Morgan fingerprint density at radius 3 is 1.94 bits per heavy atom. The van der Waals surface area contributed by atoms with Crippen LogP contribution < -0.4 is 9.47 Å². The van der Waals surface area contributed by atoms with Crippen LogP contribution in [-0.4, -0.2) is 13.2 Å². The fourth-order valence-electron chi connectivity index (χ4n) is 5.83. The van der Waals surface area contributed by atoms with Crippen LogP contribution in [0.25, 0.3) is 0 Å². The molecule has 1 aromatic rings. The van der Waals surface area contributed by atoms with E-state index >= 15 is 0 Å². The number of hydrogen-bond acceptors (Lipinski definition) is 2. The summed E-state index contributed by atoms with van der Waals surface area (Å²) >= 11 is 0. The van der Waals surface area contributed by atoms with Gasteiger partial charge in [-0.2, -0.15) is 13.2 Å². The maximum atomic E-state index is 14.6. The van der Waals surface area contributed by atoms with Gasteiger partial charge in [0.15, 0.2) is 11.6 Å². The zero-order valence-corrected chi connectivity index (χ0v) is 19.7. The molecule has 0 spiro atoms. The lowest BCUT2D eigenvalue weighted by Gasteiger charge is -2.38. The first-order chi connectivity index (χ1) is 15.2. The monoisotopic (exact) mass is 458 g/mol. The smallest absolute Gasteiger partial charge is 0.422 e. The number of aryl methyl sites for hydroxylation is 1. The summed E-state index contributed by atoms with van der Waals surface area (Å²) in [6.45, 7) is 5.68. The first-order valence-electron chi connectivity index (χ1n) is 12.4. The minimum Gasteiger partial charge on any atom is -0.492 e. The second-order valence-electron chi connectivity index (χ2n) is 9.80. The minimum atomic E-state index is -4.84. The number of hydrogen-bond donors (Lipinski definition) is 0. The Hall–Kier alpha value is -1.46. The van der Waals surface area contributed by atoms with Crippen LogP contribution in [0.2, 0.25) is 0 Å². The molecule has 2 fully saturated rings. The van der Waals surface area contributed by atoms with Crippen molar-refractivity contribution in [1.82, 2.24) is 0 Å². The molecule has 0 amide bonds. The normalized spacial score (nSPS) is 26.7. The Morgan fingerprint density at radius 1 is 0.875 bits per heavy atom. The summed E-state index contributed by atoms with van der Waals surface area (Å²) < 4.78 is 66.2. The maximum Gasteiger partial charge on any atom is 0.422 e. The molecular formula is C26H38F4O2. The quantitative estimate of drug-likeness (QED) is 0.365. The second-order valence-corrected chi connectivity index (χ2v) is 9.80. The van der Waals surface area contributed by atoms with E-state index in [1.807, 2.05) is 0 Å². The van der Waals surface area contributed by atoms with Crippen molar-refractivity contribution in [2.24, 2.45) is 23.7 Å². The summed E-state index contributed by atoms with van der Waals surface area (Å²) in [6, 6.07) is 1.30. The first-order valence-corrected chi connectivity index (χ1v) is 12.4. The van der Waals surface area contributed by atoms with Gasteiger partial charge >= 0.3 is 6.18 Å². The molecule has 32 heavy (non-hydrogen) atoms. The van der Waals surface area contributed by atoms with E-state index in [0.29, 0.717) is 0 Å². The highest BCUT2D eigenvalue weighted by Gasteiger charge is 2.41. The van der Waals surface area contributed by atoms with E-state index in [4.69, 9.17) is 9.47 Å². The Bertz CT molecular complexity index is 730. The molecule has 2 aliphatic carbocycles. The average Bonchev–Trinajstić information content (AvgIpc) is 2.75. The summed E-state index contributed by atoms with van der Waals surface area (Å²) in [5.41, 5.74) is -1.10. The Morgan fingerprint density at radius 2 is 1.44 bits per heavy atom. The van der Waals surface area contributed by atoms with Crippen LogP contribution >= 0.6 is 0 Å². The van der Waals surface area contributed by atoms with Gasteiger partial charge in [0.25, 0.3) is 0 Å². The number of ether oxygens (including phenoxy) is 2. The molecule has 1 aromatic carbocycles. The van der Waals surface area contributed by atoms with Gasteiger partial charge in [-0.25, -0.2) is 4.39 Å². The van der Waals surface area contributed by atoms with Crippen molar-refractivity contribution in [1.29, 1.82) is 0 Å². The van der Waals surface area contributed by atoms with Gasteiger partial charge in [0.05, 0.1) is 13.2 Å². The molecule has 3 rings (SSSR count). The number of rotatable bonds is 8. The van der Waals surface area contributed by atoms with Gasteiger partial charge in [0.1, 0.15) is 11.3 Å². The fraction of sp³-hybridized carbons (Fsp3) is 0.769. The molecule has 2 saturated carbocycles. The van der Waals surface area contributed by atoms with Crippen molar-refractivity contribution in [3.63, 3.8) is 0 Å². The molecule has 0 N–H and O–H groups in total. The van der Waals surface area contributed by atoms with Gasteiger partial charge in [-0.15, -0.1) is 0 Å². The minimum absolute atomic E-state index is 0.0946. The summed E-state index contributed by atoms with van der Waals surface area (Å²) in [4.78, 5) is 0. The summed E-state index contributed by atoms with van der Waals surface area (Å²) in [5, 5.41) is 0. The molecule has 0 radical (unpaired) electrons. The summed E-state index contributed by atoms with van der Waals surface area (Å²) in [7, 11) is 0. The van der Waals surface area contributed by atoms with E-state index in [-0.39, 0.29) is 30.4 Å². The van der Waals surface area contributed by atoms with Crippen LogP contribution in [0.15, 0.2) is 6.07 Å². The van der Waals surface area contributed by atoms with Crippen molar-refractivity contribution in [3.05, 3.63) is 23.0 Å². The SMILES string of the molecule is CCCC1CCC(C2CCC(COc3c(C)cc(OCC)c(F)c3C(F)(F)F)CC2)CC1. The van der Waals surface area contributed by atoms with Crippen molar-refractivity contribution < 1.29 is 27.0 Å². The van der Waals surface area contributed by atoms with E-state index in [1.54, 1.807) is 6.92 Å². The predicted octanol–water partition coefficient (Wildman–Crippen LogP) is 8.34. The molecule has 2 aliphatic rings. The molecule has 0 unspecified atom stereocenters. The topological polar surface area (TPSA) is 18.5 Å². The lowest BCUT2D eigenvalue weighted by atomic mass is 9.69. The van der Waals surface area contributed by atoms with Crippen LogP contribution in [0.3, 0.4) is 0 Å². The highest BCUT2D eigenvalue weighted by Crippen LogP contribution is 2.45. The largest absolute Gasteiger partial charge is 0.492 e. The van der Waals surface area contributed by atoms with Gasteiger partial charge in [0, 0.05) is 0 Å². The third-order valence-corrected chi connectivity index (χ3v) is 7.56. The fourth-order valence-corrected chi connectivity index (χ4v) is 5.83. The lowest BCUT2D eigenvalue weighted by molar-refractivity contribution is -0.141. The average molecular weight is 459 g/mol. The van der Waals surface area contributed by atoms with E-state index in [9.17, 15) is 17.6 Å². The molecule has 0 atom stereocenters. The summed E-state index contributed by atoms with van der Waals surface area (Å²) in [5.74, 6) is 0.517. The molecule has 0 heterocycles. The van der Waals surface area contributed by atoms with Crippen LogP contribution in [0.4, 0.5) is 17.6 Å². The Kier molecular flexibility index (Phi) is 8.74. The van der Waals surface area contributed by atoms with Gasteiger partial charge in [-0.3, -0.25) is 0 Å². The van der Waals surface area contributed by atoms with Crippen LogP contribution in [0, 0.1) is 36.4 Å². The van der Waals surface area contributed by atoms with Crippen molar-refractivity contribution in [2.75, 3.05) is 13.2 Å². The van der Waals surface area contributed by atoms with Gasteiger partial charge in [-0.1, -0.05) is 32.6 Å². The molecule has 0 aliphatic heterocycles. The molecular weight excluding hydrogens is 420 g/mol. The Labute approximate surface area is 190 Å². The van der Waals surface area contributed by atoms with Gasteiger partial charge in [-0.05, 0) is 87.7 Å². The van der Waals surface area contributed by atoms with Crippen molar-refractivity contribution >= 4 is 0 Å². The van der Waals surface area contributed by atoms with E-state index in [1.165, 1.54) is 51.5 Å². The third-order valence-electron chi connectivity index (χ3n) is 7.56. The van der Waals surface area contributed by atoms with Crippen molar-refractivity contribution in [3.8, 4) is 11.5 Å². The maximum absolute atomic E-state index is 14.6. The zero-order valence-electron chi connectivity index (χ0n) is 19.7. The molecule has 182 valence electrons. The molecule has 0 saturated heterocycles. The van der Waals surface area contributed by atoms with Crippen LogP contribution in [0.5, 0.6) is 11.5 Å². The number of benzene rings is 1. The molecule has 0 aromatic heterocycles. The van der Waals surface area contributed by atoms with E-state index < -0.39 is 23.3 Å². The highest BCUT2D eigenvalue weighted by molar-refractivity contribution is 5.49. The van der Waals surface area contributed by atoms with E-state index in [0.717, 1.165) is 43.4 Å². The number of halogens is 4. The van der Waals surface area contributed by atoms with E-state index in [2.05, 4.69) is 6.92 Å². The third kappa shape index (κ3) is 6.11. The number of alkyl halides is 3. The summed E-state index contributed by atoms with van der Waals surface area (Å²) in [6.07, 6.45) is 7.33. The van der Waals surface area contributed by atoms with Crippen LogP contribution in [-0.2, 0) is 6.18 Å². The first kappa shape index (κ1) is 25.2. The molecule has 6 heteroatoms. The van der Waals surface area contributed by atoms with Gasteiger partial charge in [0.2, 0.25) is 0 Å². The zero-order chi connectivity index (χ0) is 23.3. The molecule has 0 bridgehead atoms. The second kappa shape index (κ2) is 11.1. The standard InChI is InChI=1S/C26H38F4O2/c1-4-6-18-7-11-20(12-8-18)21-13-9-19(10-14-21)16-32-25-17(3)15-22(31-5-2)24(27)23(25)26(28,29)30/h15,18-21H,4-14,16H2,1-3H3. The Balaban J connectivity index is 1.57. The molecule has 2 nitrogen and oxygen atoms in total. The highest BCUT2D eigenvalue weighted by atomic mass is 19.4.